The summed E-state index contributed by atoms with van der Waals surface area (Å²) >= 11 is 0. The van der Waals surface area contributed by atoms with Gasteiger partial charge >= 0.3 is 5.97 Å². The molecule has 0 spiro atoms. The molecule has 0 aliphatic carbocycles. The lowest BCUT2D eigenvalue weighted by molar-refractivity contribution is -0.138. The van der Waals surface area contributed by atoms with Gasteiger partial charge in [0.15, 0.2) is 5.69 Å². The number of carbonyl (C=O) groups excluding carboxylic acids is 1. The summed E-state index contributed by atoms with van der Waals surface area (Å²) in [5.74, 6) is -1.02. The Morgan fingerprint density at radius 3 is 2.59 bits per heavy atom. The van der Waals surface area contributed by atoms with Crippen LogP contribution < -0.4 is 0 Å². The van der Waals surface area contributed by atoms with Gasteiger partial charge in [-0.05, 0) is 0 Å². The van der Waals surface area contributed by atoms with Crippen LogP contribution in [0.4, 0.5) is 0 Å². The number of carbonyl (C=O) groups is 2. The van der Waals surface area contributed by atoms with Gasteiger partial charge in [0.05, 0.1) is 6.54 Å². The van der Waals surface area contributed by atoms with E-state index in [1.54, 1.807) is 9.80 Å². The molecule has 7 nitrogen and oxygen atoms in total. The molecular formula is C10H13N3O4. The molecule has 2 heterocycles. The molecule has 0 atom stereocenters. The van der Waals surface area contributed by atoms with Crippen molar-refractivity contribution in [3.8, 4) is 0 Å². The van der Waals surface area contributed by atoms with Crippen LogP contribution in [0.1, 0.15) is 10.5 Å². The molecule has 0 aromatic carbocycles. The van der Waals surface area contributed by atoms with Crippen LogP contribution in [-0.4, -0.2) is 64.7 Å². The average molecular weight is 239 g/mol. The second-order valence-corrected chi connectivity index (χ2v) is 3.85. The van der Waals surface area contributed by atoms with Gasteiger partial charge in [-0.1, -0.05) is 5.16 Å². The van der Waals surface area contributed by atoms with E-state index in [2.05, 4.69) is 9.68 Å². The van der Waals surface area contributed by atoms with Crippen molar-refractivity contribution in [1.29, 1.82) is 0 Å². The summed E-state index contributed by atoms with van der Waals surface area (Å²) in [4.78, 5) is 25.8. The third kappa shape index (κ3) is 2.82. The number of aliphatic carboxylic acids is 1. The van der Waals surface area contributed by atoms with E-state index in [4.69, 9.17) is 5.11 Å². The minimum Gasteiger partial charge on any atom is -0.480 e. The smallest absolute Gasteiger partial charge is 0.317 e. The molecule has 1 aliphatic heterocycles. The average Bonchev–Trinajstić information content (AvgIpc) is 2.82. The molecule has 0 saturated carbocycles. The van der Waals surface area contributed by atoms with Crippen molar-refractivity contribution >= 4 is 11.9 Å². The van der Waals surface area contributed by atoms with Gasteiger partial charge in [0.1, 0.15) is 6.26 Å². The predicted octanol–water partition coefficient (Wildman–Crippen LogP) is -0.483. The highest BCUT2D eigenvalue weighted by Crippen LogP contribution is 2.06. The molecule has 1 aliphatic rings. The largest absolute Gasteiger partial charge is 0.480 e. The number of piperazine rings is 1. The number of hydrogen-bond donors (Lipinski definition) is 1. The Balaban J connectivity index is 1.87. The summed E-state index contributed by atoms with van der Waals surface area (Å²) < 4.78 is 4.61. The van der Waals surface area contributed by atoms with Crippen molar-refractivity contribution in [2.75, 3.05) is 32.7 Å². The number of rotatable bonds is 3. The van der Waals surface area contributed by atoms with Crippen molar-refractivity contribution < 1.29 is 19.2 Å². The topological polar surface area (TPSA) is 86.9 Å². The zero-order chi connectivity index (χ0) is 12.3. The summed E-state index contributed by atoms with van der Waals surface area (Å²) in [6.45, 7) is 2.18. The molecule has 0 radical (unpaired) electrons. The van der Waals surface area contributed by atoms with Crippen molar-refractivity contribution in [2.45, 2.75) is 0 Å². The molecule has 1 saturated heterocycles. The summed E-state index contributed by atoms with van der Waals surface area (Å²) in [6, 6.07) is 1.52. The lowest BCUT2D eigenvalue weighted by Crippen LogP contribution is -2.49. The van der Waals surface area contributed by atoms with Gasteiger partial charge in [0, 0.05) is 32.2 Å². The molecule has 17 heavy (non-hydrogen) atoms. The van der Waals surface area contributed by atoms with Crippen molar-refractivity contribution in [1.82, 2.24) is 15.0 Å². The fraction of sp³-hybridized carbons (Fsp3) is 0.500. The van der Waals surface area contributed by atoms with Crippen LogP contribution in [0, 0.1) is 0 Å². The lowest BCUT2D eigenvalue weighted by atomic mass is 10.3. The number of aromatic nitrogens is 1. The standard InChI is InChI=1S/C10H13N3O4/c14-9(15)7-12-2-4-13(5-3-12)10(16)8-1-6-17-11-8/h1,6H,2-5,7H2,(H,14,15). The SMILES string of the molecule is O=C(O)CN1CCN(C(=O)c2ccon2)CC1. The summed E-state index contributed by atoms with van der Waals surface area (Å²) in [5.41, 5.74) is 0.289. The highest BCUT2D eigenvalue weighted by Gasteiger charge is 2.24. The number of carboxylic acids is 1. The second kappa shape index (κ2) is 4.96. The van der Waals surface area contributed by atoms with E-state index in [9.17, 15) is 9.59 Å². The summed E-state index contributed by atoms with van der Waals surface area (Å²) in [5, 5.41) is 12.2. The van der Waals surface area contributed by atoms with E-state index >= 15 is 0 Å². The Morgan fingerprint density at radius 1 is 1.35 bits per heavy atom. The molecule has 0 unspecified atom stereocenters. The third-order valence-electron chi connectivity index (χ3n) is 2.68. The Labute approximate surface area is 97.6 Å². The maximum atomic E-state index is 11.9. The van der Waals surface area contributed by atoms with Crippen LogP contribution >= 0.6 is 0 Å². The maximum absolute atomic E-state index is 11.9. The molecule has 2 rings (SSSR count). The minimum atomic E-state index is -0.846. The van der Waals surface area contributed by atoms with Gasteiger partial charge in [-0.3, -0.25) is 14.5 Å². The zero-order valence-corrected chi connectivity index (χ0v) is 9.20. The van der Waals surface area contributed by atoms with Crippen molar-refractivity contribution in [3.63, 3.8) is 0 Å². The Morgan fingerprint density at radius 2 is 2.06 bits per heavy atom. The maximum Gasteiger partial charge on any atom is 0.317 e. The molecule has 7 heteroatoms. The summed E-state index contributed by atoms with van der Waals surface area (Å²) in [6.07, 6.45) is 1.36. The van der Waals surface area contributed by atoms with E-state index in [-0.39, 0.29) is 18.1 Å². The molecule has 92 valence electrons. The first-order valence-corrected chi connectivity index (χ1v) is 5.30. The third-order valence-corrected chi connectivity index (χ3v) is 2.68. The number of hydrogen-bond acceptors (Lipinski definition) is 5. The van der Waals surface area contributed by atoms with Gasteiger partial charge in [-0.15, -0.1) is 0 Å². The Kier molecular flexibility index (Phi) is 3.38. The van der Waals surface area contributed by atoms with Gasteiger partial charge < -0.3 is 14.5 Å². The van der Waals surface area contributed by atoms with Gasteiger partial charge in [-0.25, -0.2) is 0 Å². The fourth-order valence-corrected chi connectivity index (χ4v) is 1.79. The van der Waals surface area contributed by atoms with Crippen LogP contribution in [0.3, 0.4) is 0 Å². The number of amides is 1. The molecule has 1 amide bonds. The van der Waals surface area contributed by atoms with Crippen LogP contribution in [-0.2, 0) is 4.79 Å². The fourth-order valence-electron chi connectivity index (χ4n) is 1.79. The van der Waals surface area contributed by atoms with Crippen LogP contribution in [0.5, 0.6) is 0 Å². The van der Waals surface area contributed by atoms with Crippen molar-refractivity contribution in [2.24, 2.45) is 0 Å². The van der Waals surface area contributed by atoms with Crippen LogP contribution in [0.15, 0.2) is 16.9 Å². The normalized spacial score (nSPS) is 17.1. The van der Waals surface area contributed by atoms with E-state index < -0.39 is 5.97 Å². The minimum absolute atomic E-state index is 0.0198. The van der Waals surface area contributed by atoms with Gasteiger partial charge in [-0.2, -0.15) is 0 Å². The first-order valence-electron chi connectivity index (χ1n) is 5.30. The molecule has 0 bridgehead atoms. The predicted molar refractivity (Wildman–Crippen MR) is 56.5 cm³/mol. The summed E-state index contributed by atoms with van der Waals surface area (Å²) in [7, 11) is 0. The van der Waals surface area contributed by atoms with Crippen LogP contribution in [0.25, 0.3) is 0 Å². The highest BCUT2D eigenvalue weighted by molar-refractivity contribution is 5.92. The van der Waals surface area contributed by atoms with E-state index in [0.29, 0.717) is 26.2 Å². The first-order chi connectivity index (χ1) is 8.16. The molecule has 1 aromatic heterocycles. The first kappa shape index (κ1) is 11.6. The van der Waals surface area contributed by atoms with E-state index in [1.807, 2.05) is 0 Å². The Bertz CT molecular complexity index is 396. The number of nitrogens with zero attached hydrogens (tertiary/aromatic N) is 3. The van der Waals surface area contributed by atoms with Gasteiger partial charge in [0.25, 0.3) is 5.91 Å². The van der Waals surface area contributed by atoms with Crippen molar-refractivity contribution in [3.05, 3.63) is 18.0 Å². The molecule has 1 N–H and O–H groups in total. The van der Waals surface area contributed by atoms with E-state index in [1.165, 1.54) is 12.3 Å². The monoisotopic (exact) mass is 239 g/mol. The lowest BCUT2D eigenvalue weighted by Gasteiger charge is -2.33. The molecule has 1 aromatic rings. The second-order valence-electron chi connectivity index (χ2n) is 3.85. The zero-order valence-electron chi connectivity index (χ0n) is 9.20. The number of carboxylic acid groups (broad SMARTS) is 1. The Hall–Kier alpha value is -1.89. The van der Waals surface area contributed by atoms with Crippen LogP contribution in [0.2, 0.25) is 0 Å². The molecular weight excluding hydrogens is 226 g/mol. The van der Waals surface area contributed by atoms with Gasteiger partial charge in [0.2, 0.25) is 0 Å². The highest BCUT2D eigenvalue weighted by atomic mass is 16.5. The quantitative estimate of drug-likeness (QED) is 0.766. The molecule has 1 fully saturated rings. The van der Waals surface area contributed by atoms with E-state index in [0.717, 1.165) is 0 Å².